The second-order valence-electron chi connectivity index (χ2n) is 7.17. The van der Waals surface area contributed by atoms with Crippen molar-refractivity contribution in [2.75, 3.05) is 26.2 Å². The fraction of sp³-hybridized carbons (Fsp3) is 0.167. The first-order valence-corrected chi connectivity index (χ1v) is 10.0. The van der Waals surface area contributed by atoms with Crippen LogP contribution in [0.15, 0.2) is 78.9 Å². The first-order chi connectivity index (χ1) is 15.1. The number of carbonyl (C=O) groups is 2. The zero-order valence-corrected chi connectivity index (χ0v) is 16.8. The van der Waals surface area contributed by atoms with Crippen LogP contribution in [0.3, 0.4) is 0 Å². The maximum Gasteiger partial charge on any atom is 0.265 e. The molecular weight excluding hydrogens is 397 g/mol. The van der Waals surface area contributed by atoms with E-state index in [2.05, 4.69) is 5.43 Å². The van der Waals surface area contributed by atoms with E-state index in [9.17, 15) is 14.0 Å². The lowest BCUT2D eigenvalue weighted by Gasteiger charge is -2.34. The van der Waals surface area contributed by atoms with E-state index >= 15 is 0 Å². The summed E-state index contributed by atoms with van der Waals surface area (Å²) in [4.78, 5) is 26.8. The topological polar surface area (TPSA) is 61.9 Å². The van der Waals surface area contributed by atoms with Crippen molar-refractivity contribution in [2.45, 2.75) is 0 Å². The van der Waals surface area contributed by atoms with Gasteiger partial charge in [-0.2, -0.15) is 0 Å². The van der Waals surface area contributed by atoms with Crippen molar-refractivity contribution in [3.63, 3.8) is 0 Å². The van der Waals surface area contributed by atoms with Crippen LogP contribution in [0, 0.1) is 5.82 Å². The number of nitrogens with zero attached hydrogens (tertiary/aromatic N) is 2. The molecule has 1 aliphatic heterocycles. The lowest BCUT2D eigenvalue weighted by atomic mass is 10.1. The highest BCUT2D eigenvalue weighted by molar-refractivity contribution is 5.95. The molecule has 1 fully saturated rings. The van der Waals surface area contributed by atoms with E-state index in [-0.39, 0.29) is 17.6 Å². The summed E-state index contributed by atoms with van der Waals surface area (Å²) in [6, 6.07) is 21.9. The van der Waals surface area contributed by atoms with Crippen molar-refractivity contribution >= 4 is 11.8 Å². The Morgan fingerprint density at radius 2 is 1.32 bits per heavy atom. The Labute approximate surface area is 179 Å². The average Bonchev–Trinajstić information content (AvgIpc) is 2.81. The molecule has 0 unspecified atom stereocenters. The Bertz CT molecular complexity index is 1030. The third-order valence-corrected chi connectivity index (χ3v) is 5.01. The van der Waals surface area contributed by atoms with Gasteiger partial charge in [-0.15, -0.1) is 0 Å². The molecule has 1 heterocycles. The maximum atomic E-state index is 13.0. The fourth-order valence-corrected chi connectivity index (χ4v) is 3.30. The molecule has 7 heteroatoms. The van der Waals surface area contributed by atoms with Gasteiger partial charge in [-0.3, -0.25) is 15.0 Å². The standard InChI is InChI=1S/C24H22FN3O3/c25-20-10-6-18(7-11-20)23(29)26-28-16-14-27(15-17-28)24(30)19-8-12-22(13-9-19)31-21-4-2-1-3-5-21/h1-13H,14-17H2,(H,26,29). The zero-order valence-electron chi connectivity index (χ0n) is 16.8. The summed E-state index contributed by atoms with van der Waals surface area (Å²) in [5.41, 5.74) is 3.78. The van der Waals surface area contributed by atoms with Crippen LogP contribution in [0.1, 0.15) is 20.7 Å². The number of piperazine rings is 1. The number of para-hydroxylation sites is 1. The molecule has 1 N–H and O–H groups in total. The van der Waals surface area contributed by atoms with Crippen molar-refractivity contribution in [3.8, 4) is 11.5 Å². The van der Waals surface area contributed by atoms with Crippen LogP contribution >= 0.6 is 0 Å². The summed E-state index contributed by atoms with van der Waals surface area (Å²) in [5.74, 6) is 0.657. The van der Waals surface area contributed by atoms with Gasteiger partial charge in [0.25, 0.3) is 11.8 Å². The van der Waals surface area contributed by atoms with E-state index < -0.39 is 0 Å². The van der Waals surface area contributed by atoms with Crippen molar-refractivity contribution in [3.05, 3.63) is 95.8 Å². The number of ether oxygens (including phenoxy) is 1. The van der Waals surface area contributed by atoms with Gasteiger partial charge < -0.3 is 9.64 Å². The van der Waals surface area contributed by atoms with Crippen LogP contribution in [-0.2, 0) is 0 Å². The van der Waals surface area contributed by atoms with Gasteiger partial charge >= 0.3 is 0 Å². The van der Waals surface area contributed by atoms with Crippen LogP contribution < -0.4 is 10.2 Å². The summed E-state index contributed by atoms with van der Waals surface area (Å²) < 4.78 is 18.8. The lowest BCUT2D eigenvalue weighted by molar-refractivity contribution is 0.0505. The Balaban J connectivity index is 1.28. The summed E-state index contributed by atoms with van der Waals surface area (Å²) in [6.07, 6.45) is 0. The molecule has 4 rings (SSSR count). The summed E-state index contributed by atoms with van der Waals surface area (Å²) in [7, 11) is 0. The van der Waals surface area contributed by atoms with Gasteiger partial charge in [-0.25, -0.2) is 9.40 Å². The molecule has 0 spiro atoms. The summed E-state index contributed by atoms with van der Waals surface area (Å²) in [5, 5.41) is 1.77. The minimum atomic E-state index is -0.386. The molecule has 1 saturated heterocycles. The van der Waals surface area contributed by atoms with E-state index in [0.717, 1.165) is 5.75 Å². The molecule has 3 aromatic rings. The maximum absolute atomic E-state index is 13.0. The second-order valence-corrected chi connectivity index (χ2v) is 7.17. The normalized spacial score (nSPS) is 14.2. The van der Waals surface area contributed by atoms with Crippen LogP contribution in [0.5, 0.6) is 11.5 Å². The predicted molar refractivity (Wildman–Crippen MR) is 114 cm³/mol. The minimum Gasteiger partial charge on any atom is -0.457 e. The second kappa shape index (κ2) is 9.40. The van der Waals surface area contributed by atoms with Crippen LogP contribution in [0.4, 0.5) is 4.39 Å². The molecular formula is C24H22FN3O3. The van der Waals surface area contributed by atoms with Crippen molar-refractivity contribution in [2.24, 2.45) is 0 Å². The van der Waals surface area contributed by atoms with Crippen LogP contribution in [0.25, 0.3) is 0 Å². The number of hydrogen-bond donors (Lipinski definition) is 1. The quantitative estimate of drug-likeness (QED) is 0.685. The zero-order chi connectivity index (χ0) is 21.6. The highest BCUT2D eigenvalue weighted by atomic mass is 19.1. The van der Waals surface area contributed by atoms with Gasteiger partial charge in [0.1, 0.15) is 17.3 Å². The Hall–Kier alpha value is -3.71. The van der Waals surface area contributed by atoms with E-state index in [1.54, 1.807) is 34.2 Å². The molecule has 0 radical (unpaired) electrons. The number of nitrogens with one attached hydrogen (secondary N) is 1. The fourth-order valence-electron chi connectivity index (χ4n) is 3.30. The molecule has 158 valence electrons. The number of benzene rings is 3. The molecule has 31 heavy (non-hydrogen) atoms. The van der Waals surface area contributed by atoms with Gasteiger partial charge in [-0.1, -0.05) is 18.2 Å². The van der Waals surface area contributed by atoms with E-state index in [4.69, 9.17) is 4.74 Å². The van der Waals surface area contributed by atoms with Gasteiger partial charge in [0.15, 0.2) is 0 Å². The number of halogens is 1. The number of hydrazine groups is 1. The molecule has 0 atom stereocenters. The number of rotatable bonds is 5. The van der Waals surface area contributed by atoms with E-state index in [0.29, 0.717) is 43.1 Å². The highest BCUT2D eigenvalue weighted by Crippen LogP contribution is 2.21. The Kier molecular flexibility index (Phi) is 6.24. The van der Waals surface area contributed by atoms with Crippen LogP contribution in [-0.4, -0.2) is 47.9 Å². The smallest absolute Gasteiger partial charge is 0.265 e. The number of hydrogen-bond acceptors (Lipinski definition) is 4. The molecule has 0 aliphatic carbocycles. The minimum absolute atomic E-state index is 0.0595. The molecule has 6 nitrogen and oxygen atoms in total. The monoisotopic (exact) mass is 419 g/mol. The number of carbonyl (C=O) groups excluding carboxylic acids is 2. The third-order valence-electron chi connectivity index (χ3n) is 5.01. The first-order valence-electron chi connectivity index (χ1n) is 10.0. The van der Waals surface area contributed by atoms with Gasteiger partial charge in [0, 0.05) is 37.3 Å². The summed E-state index contributed by atoms with van der Waals surface area (Å²) >= 11 is 0. The molecule has 0 bridgehead atoms. The first kappa shape index (κ1) is 20.6. The average molecular weight is 419 g/mol. The molecule has 1 aliphatic rings. The highest BCUT2D eigenvalue weighted by Gasteiger charge is 2.23. The summed E-state index contributed by atoms with van der Waals surface area (Å²) in [6.45, 7) is 2.00. The van der Waals surface area contributed by atoms with Gasteiger partial charge in [-0.05, 0) is 60.7 Å². The van der Waals surface area contributed by atoms with E-state index in [1.807, 2.05) is 30.3 Å². The van der Waals surface area contributed by atoms with Crippen molar-refractivity contribution < 1.29 is 18.7 Å². The lowest BCUT2D eigenvalue weighted by Crippen LogP contribution is -2.54. The molecule has 2 amide bonds. The molecule has 0 saturated carbocycles. The third kappa shape index (κ3) is 5.26. The molecule has 3 aromatic carbocycles. The SMILES string of the molecule is O=C(NN1CCN(C(=O)c2ccc(Oc3ccccc3)cc2)CC1)c1ccc(F)cc1. The Morgan fingerprint density at radius 3 is 1.97 bits per heavy atom. The largest absolute Gasteiger partial charge is 0.457 e. The van der Waals surface area contributed by atoms with Crippen LogP contribution in [0.2, 0.25) is 0 Å². The number of amides is 2. The van der Waals surface area contributed by atoms with Gasteiger partial charge in [0.2, 0.25) is 0 Å². The van der Waals surface area contributed by atoms with E-state index in [1.165, 1.54) is 24.3 Å². The van der Waals surface area contributed by atoms with Crippen molar-refractivity contribution in [1.82, 2.24) is 15.3 Å². The van der Waals surface area contributed by atoms with Gasteiger partial charge in [0.05, 0.1) is 0 Å². The predicted octanol–water partition coefficient (Wildman–Crippen LogP) is 3.72. The Morgan fingerprint density at radius 1 is 0.742 bits per heavy atom. The molecule has 0 aromatic heterocycles. The van der Waals surface area contributed by atoms with Crippen molar-refractivity contribution in [1.29, 1.82) is 0 Å².